The van der Waals surface area contributed by atoms with E-state index in [1.807, 2.05) is 0 Å². The number of nitrogens with one attached hydrogen (secondary N) is 1. The third kappa shape index (κ3) is 3.76. The van der Waals surface area contributed by atoms with Gasteiger partial charge in [-0.1, -0.05) is 6.07 Å². The van der Waals surface area contributed by atoms with Gasteiger partial charge in [-0.05, 0) is 32.2 Å². The van der Waals surface area contributed by atoms with E-state index in [1.165, 1.54) is 32.2 Å². The minimum atomic E-state index is -3.65. The molecule has 1 aromatic carbocycles. The summed E-state index contributed by atoms with van der Waals surface area (Å²) in [6.45, 7) is 1.33. The number of benzene rings is 1. The number of amides is 1. The van der Waals surface area contributed by atoms with Gasteiger partial charge in [0.25, 0.3) is 5.91 Å². The zero-order chi connectivity index (χ0) is 14.6. The summed E-state index contributed by atoms with van der Waals surface area (Å²) in [6, 6.07) is 5.27. The van der Waals surface area contributed by atoms with Crippen molar-refractivity contribution in [2.75, 3.05) is 7.05 Å². The highest BCUT2D eigenvalue weighted by atomic mass is 32.2. The largest absolute Gasteiger partial charge is 0.449 e. The summed E-state index contributed by atoms with van der Waals surface area (Å²) in [7, 11) is -2.39. The van der Waals surface area contributed by atoms with Crippen molar-refractivity contribution in [3.63, 3.8) is 0 Å². The van der Waals surface area contributed by atoms with Gasteiger partial charge in [0.15, 0.2) is 6.10 Å². The number of hydrogen-bond acceptors (Lipinski definition) is 5. The molecule has 0 heterocycles. The maximum Gasteiger partial charge on any atom is 0.338 e. The number of ether oxygens (including phenoxy) is 1. The first-order valence-corrected chi connectivity index (χ1v) is 6.80. The smallest absolute Gasteiger partial charge is 0.338 e. The Bertz CT molecular complexity index is 597. The predicted molar refractivity (Wildman–Crippen MR) is 66.8 cm³/mol. The van der Waals surface area contributed by atoms with Gasteiger partial charge < -0.3 is 10.5 Å². The van der Waals surface area contributed by atoms with Crippen molar-refractivity contribution < 1.29 is 22.7 Å². The van der Waals surface area contributed by atoms with Gasteiger partial charge in [-0.3, -0.25) is 4.79 Å². The van der Waals surface area contributed by atoms with Crippen LogP contribution in [0.5, 0.6) is 0 Å². The first-order valence-electron chi connectivity index (χ1n) is 5.32. The Morgan fingerprint density at radius 2 is 2.00 bits per heavy atom. The number of nitrogens with two attached hydrogens (primary N) is 1. The van der Waals surface area contributed by atoms with Gasteiger partial charge in [0, 0.05) is 0 Å². The molecule has 1 aromatic rings. The number of carbonyl (C=O) groups is 2. The minimum absolute atomic E-state index is 0.0180. The Kier molecular flexibility index (Phi) is 4.62. The summed E-state index contributed by atoms with van der Waals surface area (Å²) in [5.74, 6) is -1.60. The predicted octanol–water partition coefficient (Wildman–Crippen LogP) is -0.375. The summed E-state index contributed by atoms with van der Waals surface area (Å²) in [5.41, 5.74) is 4.98. The van der Waals surface area contributed by atoms with E-state index in [0.717, 1.165) is 6.07 Å². The molecule has 0 saturated heterocycles. The van der Waals surface area contributed by atoms with Crippen molar-refractivity contribution in [3.8, 4) is 0 Å². The maximum atomic E-state index is 11.7. The molecule has 0 aromatic heterocycles. The molecule has 0 spiro atoms. The van der Waals surface area contributed by atoms with Crippen LogP contribution in [-0.4, -0.2) is 33.4 Å². The summed E-state index contributed by atoms with van der Waals surface area (Å²) >= 11 is 0. The number of rotatable bonds is 5. The molecule has 0 radical (unpaired) electrons. The summed E-state index contributed by atoms with van der Waals surface area (Å²) < 4.78 is 30.0. The zero-order valence-corrected chi connectivity index (χ0v) is 11.2. The molecule has 0 unspecified atom stereocenters. The normalized spacial score (nSPS) is 12.7. The second-order valence-corrected chi connectivity index (χ2v) is 5.57. The molecule has 19 heavy (non-hydrogen) atoms. The molecule has 8 heteroatoms. The van der Waals surface area contributed by atoms with Crippen LogP contribution in [0.15, 0.2) is 29.2 Å². The molecule has 0 fully saturated rings. The number of sulfonamides is 1. The molecule has 104 valence electrons. The van der Waals surface area contributed by atoms with Crippen molar-refractivity contribution in [1.29, 1.82) is 0 Å². The highest BCUT2D eigenvalue weighted by Gasteiger charge is 2.18. The van der Waals surface area contributed by atoms with Crippen LogP contribution in [0.4, 0.5) is 0 Å². The van der Waals surface area contributed by atoms with E-state index in [4.69, 9.17) is 10.5 Å². The highest BCUT2D eigenvalue weighted by Crippen LogP contribution is 2.12. The van der Waals surface area contributed by atoms with Crippen LogP contribution >= 0.6 is 0 Å². The Labute approximate surface area is 110 Å². The Hall–Kier alpha value is -1.93. The SMILES string of the molecule is CNS(=O)(=O)c1cccc(C(=O)O[C@@H](C)C(N)=O)c1. The molecule has 0 bridgehead atoms. The molecular formula is C11H14N2O5S. The molecule has 0 aliphatic heterocycles. The molecule has 0 aliphatic rings. The van der Waals surface area contributed by atoms with Crippen LogP contribution in [0.1, 0.15) is 17.3 Å². The molecule has 1 amide bonds. The van der Waals surface area contributed by atoms with Crippen molar-refractivity contribution in [1.82, 2.24) is 4.72 Å². The Morgan fingerprint density at radius 3 is 2.53 bits per heavy atom. The quantitative estimate of drug-likeness (QED) is 0.716. The minimum Gasteiger partial charge on any atom is -0.449 e. The zero-order valence-electron chi connectivity index (χ0n) is 10.4. The van der Waals surface area contributed by atoms with Gasteiger partial charge in [0.1, 0.15) is 0 Å². The standard InChI is InChI=1S/C11H14N2O5S/c1-7(10(12)14)18-11(15)8-4-3-5-9(6-8)19(16,17)13-2/h3-7,13H,1-2H3,(H2,12,14)/t7-/m0/s1. The number of primary amides is 1. The van der Waals surface area contributed by atoms with E-state index in [-0.39, 0.29) is 10.5 Å². The lowest BCUT2D eigenvalue weighted by Gasteiger charge is -2.10. The average molecular weight is 286 g/mol. The van der Waals surface area contributed by atoms with Crippen LogP contribution in [0.25, 0.3) is 0 Å². The summed E-state index contributed by atoms with van der Waals surface area (Å²) in [4.78, 5) is 22.4. The van der Waals surface area contributed by atoms with Crippen LogP contribution in [0, 0.1) is 0 Å². The number of esters is 1. The Morgan fingerprint density at radius 1 is 1.37 bits per heavy atom. The molecule has 0 saturated carbocycles. The lowest BCUT2D eigenvalue weighted by atomic mass is 10.2. The van der Waals surface area contributed by atoms with Crippen molar-refractivity contribution in [2.45, 2.75) is 17.9 Å². The van der Waals surface area contributed by atoms with Gasteiger partial charge in [0.05, 0.1) is 10.5 Å². The monoisotopic (exact) mass is 286 g/mol. The first kappa shape index (κ1) is 15.1. The third-order valence-electron chi connectivity index (χ3n) is 2.33. The van der Waals surface area contributed by atoms with Crippen LogP contribution in [0.3, 0.4) is 0 Å². The lowest BCUT2D eigenvalue weighted by molar-refractivity contribution is -0.125. The van der Waals surface area contributed by atoms with Gasteiger partial charge in [-0.15, -0.1) is 0 Å². The van der Waals surface area contributed by atoms with E-state index in [0.29, 0.717) is 0 Å². The molecule has 0 aliphatic carbocycles. The van der Waals surface area contributed by atoms with Crippen LogP contribution < -0.4 is 10.5 Å². The van der Waals surface area contributed by atoms with Gasteiger partial charge in [0.2, 0.25) is 10.0 Å². The molecule has 1 rings (SSSR count). The van der Waals surface area contributed by atoms with E-state index < -0.39 is 28.0 Å². The van der Waals surface area contributed by atoms with E-state index in [2.05, 4.69) is 4.72 Å². The topological polar surface area (TPSA) is 116 Å². The van der Waals surface area contributed by atoms with Gasteiger partial charge in [-0.25, -0.2) is 17.9 Å². The van der Waals surface area contributed by atoms with Gasteiger partial charge >= 0.3 is 5.97 Å². The maximum absolute atomic E-state index is 11.7. The highest BCUT2D eigenvalue weighted by molar-refractivity contribution is 7.89. The second-order valence-electron chi connectivity index (χ2n) is 3.69. The second kappa shape index (κ2) is 5.81. The fourth-order valence-corrected chi connectivity index (χ4v) is 1.97. The summed E-state index contributed by atoms with van der Waals surface area (Å²) in [5, 5.41) is 0. The molecule has 7 nitrogen and oxygen atoms in total. The molecule has 3 N–H and O–H groups in total. The fourth-order valence-electron chi connectivity index (χ4n) is 1.19. The number of hydrogen-bond donors (Lipinski definition) is 2. The van der Waals surface area contributed by atoms with Crippen LogP contribution in [-0.2, 0) is 19.6 Å². The van der Waals surface area contributed by atoms with Crippen molar-refractivity contribution in [2.24, 2.45) is 5.73 Å². The molecular weight excluding hydrogens is 272 g/mol. The van der Waals surface area contributed by atoms with E-state index in [1.54, 1.807) is 0 Å². The number of carbonyl (C=O) groups excluding carboxylic acids is 2. The van der Waals surface area contributed by atoms with Crippen LogP contribution in [0.2, 0.25) is 0 Å². The molecule has 1 atom stereocenters. The fraction of sp³-hybridized carbons (Fsp3) is 0.273. The lowest BCUT2D eigenvalue weighted by Crippen LogP contribution is -2.30. The third-order valence-corrected chi connectivity index (χ3v) is 3.75. The first-order chi connectivity index (χ1) is 8.77. The average Bonchev–Trinajstić information content (AvgIpc) is 2.38. The van der Waals surface area contributed by atoms with E-state index in [9.17, 15) is 18.0 Å². The van der Waals surface area contributed by atoms with Crippen molar-refractivity contribution >= 4 is 21.9 Å². The van der Waals surface area contributed by atoms with E-state index >= 15 is 0 Å². The van der Waals surface area contributed by atoms with Gasteiger partial charge in [-0.2, -0.15) is 0 Å². The Balaban J connectivity index is 3.00. The van der Waals surface area contributed by atoms with Crippen molar-refractivity contribution in [3.05, 3.63) is 29.8 Å². The summed E-state index contributed by atoms with van der Waals surface area (Å²) in [6.07, 6.45) is -1.09.